The van der Waals surface area contributed by atoms with Crippen LogP contribution in [0.3, 0.4) is 0 Å². The number of carbonyl (C=O) groups excluding carboxylic acids is 2. The number of alkyl halides is 1. The minimum atomic E-state index is -0.0605. The highest BCUT2D eigenvalue weighted by atomic mass is 35.5. The van der Waals surface area contributed by atoms with Gasteiger partial charge in [-0.2, -0.15) is 0 Å². The number of halogens is 1. The van der Waals surface area contributed by atoms with Crippen LogP contribution in [-0.4, -0.2) is 17.4 Å². The number of carbonyl (C=O) groups is 2. The fourth-order valence-electron chi connectivity index (χ4n) is 6.77. The van der Waals surface area contributed by atoms with Crippen molar-refractivity contribution in [2.75, 3.05) is 5.88 Å². The van der Waals surface area contributed by atoms with Gasteiger partial charge in [-0.3, -0.25) is 9.59 Å². The van der Waals surface area contributed by atoms with Crippen LogP contribution in [0.4, 0.5) is 0 Å². The Bertz CT molecular complexity index is 580. The molecule has 0 aromatic rings. The van der Waals surface area contributed by atoms with Crippen LogP contribution in [0.2, 0.25) is 0 Å². The zero-order valence-electron chi connectivity index (χ0n) is 14.1. The zero-order chi connectivity index (χ0) is 16.2. The molecule has 3 saturated carbocycles. The van der Waals surface area contributed by atoms with Gasteiger partial charge in [-0.15, -0.1) is 11.6 Å². The second-order valence-electron chi connectivity index (χ2n) is 8.56. The average molecular weight is 335 g/mol. The van der Waals surface area contributed by atoms with Crippen molar-refractivity contribution < 1.29 is 9.59 Å². The molecule has 5 atom stereocenters. The quantitative estimate of drug-likeness (QED) is 0.686. The van der Waals surface area contributed by atoms with Gasteiger partial charge in [0.15, 0.2) is 5.78 Å². The van der Waals surface area contributed by atoms with Crippen molar-refractivity contribution in [3.05, 3.63) is 11.6 Å². The van der Waals surface area contributed by atoms with E-state index in [1.54, 1.807) is 0 Å². The molecule has 3 fully saturated rings. The van der Waals surface area contributed by atoms with Crippen molar-refractivity contribution in [3.8, 4) is 0 Å². The first-order chi connectivity index (χ1) is 11.0. The number of ketones is 2. The second kappa shape index (κ2) is 5.44. The summed E-state index contributed by atoms with van der Waals surface area (Å²) in [5, 5.41) is 0. The predicted octanol–water partition coefficient (Wildman–Crippen LogP) is 4.70. The lowest BCUT2D eigenvalue weighted by molar-refractivity contribution is -0.133. The van der Waals surface area contributed by atoms with Crippen molar-refractivity contribution in [1.82, 2.24) is 0 Å². The van der Waals surface area contributed by atoms with E-state index in [1.165, 1.54) is 12.0 Å². The van der Waals surface area contributed by atoms with E-state index in [0.29, 0.717) is 41.6 Å². The average Bonchev–Trinajstić information content (AvgIpc) is 2.84. The van der Waals surface area contributed by atoms with Gasteiger partial charge in [-0.25, -0.2) is 0 Å². The molecule has 3 heteroatoms. The predicted molar refractivity (Wildman–Crippen MR) is 91.4 cm³/mol. The summed E-state index contributed by atoms with van der Waals surface area (Å²) in [7, 11) is 0. The summed E-state index contributed by atoms with van der Waals surface area (Å²) in [5.41, 5.74) is 1.49. The summed E-state index contributed by atoms with van der Waals surface area (Å²) in [6, 6.07) is 0. The van der Waals surface area contributed by atoms with Crippen LogP contribution < -0.4 is 0 Å². The van der Waals surface area contributed by atoms with Gasteiger partial charge in [0.1, 0.15) is 5.78 Å². The highest BCUT2D eigenvalue weighted by molar-refractivity contribution is 6.17. The normalized spacial score (nSPS) is 46.0. The van der Waals surface area contributed by atoms with Gasteiger partial charge in [0, 0.05) is 24.1 Å². The Morgan fingerprint density at radius 1 is 1.09 bits per heavy atom. The van der Waals surface area contributed by atoms with E-state index in [-0.39, 0.29) is 10.8 Å². The van der Waals surface area contributed by atoms with Gasteiger partial charge in [0.2, 0.25) is 0 Å². The fraction of sp³-hybridized carbons (Fsp3) is 0.800. The van der Waals surface area contributed by atoms with Crippen LogP contribution in [0.25, 0.3) is 0 Å². The summed E-state index contributed by atoms with van der Waals surface area (Å²) >= 11 is 6.21. The van der Waals surface area contributed by atoms with E-state index >= 15 is 0 Å². The Hall–Kier alpha value is -0.630. The van der Waals surface area contributed by atoms with Gasteiger partial charge in [0.05, 0.1) is 0 Å². The highest BCUT2D eigenvalue weighted by Gasteiger charge is 2.59. The molecule has 0 heterocycles. The third-order valence-electron chi connectivity index (χ3n) is 7.94. The first-order valence-corrected chi connectivity index (χ1v) is 9.88. The smallest absolute Gasteiger partial charge is 0.155 e. The SMILES string of the molecule is C[C@]12CC[C@H]3[C@@H](CCC4=CC(=O)CC[C@@]43CCCl)[C@@H]1CCC2=O. The maximum atomic E-state index is 12.5. The monoisotopic (exact) mass is 334 g/mol. The number of fused-ring (bicyclic) bond motifs is 5. The molecule has 4 rings (SSSR count). The van der Waals surface area contributed by atoms with E-state index in [0.717, 1.165) is 44.9 Å². The molecule has 126 valence electrons. The number of hydrogen-bond acceptors (Lipinski definition) is 2. The molecule has 0 radical (unpaired) electrons. The van der Waals surface area contributed by atoms with E-state index in [1.807, 2.05) is 6.08 Å². The number of hydrogen-bond donors (Lipinski definition) is 0. The van der Waals surface area contributed by atoms with Crippen LogP contribution >= 0.6 is 11.6 Å². The topological polar surface area (TPSA) is 34.1 Å². The lowest BCUT2D eigenvalue weighted by Crippen LogP contribution is -2.51. The standard InChI is InChI=1S/C20H27ClO2/c1-19-8-7-17-15(16(19)4-5-18(19)23)3-2-13-12-14(22)6-9-20(13,17)10-11-21/h12,15-17H,2-11H2,1H3/t15-,16-,17-,19-,20+/m0/s1. The summed E-state index contributed by atoms with van der Waals surface area (Å²) in [6.45, 7) is 2.23. The second-order valence-corrected chi connectivity index (χ2v) is 8.94. The van der Waals surface area contributed by atoms with Crippen molar-refractivity contribution in [2.24, 2.45) is 28.6 Å². The highest BCUT2D eigenvalue weighted by Crippen LogP contribution is 2.65. The summed E-state index contributed by atoms with van der Waals surface area (Å²) in [5.74, 6) is 3.36. The van der Waals surface area contributed by atoms with Gasteiger partial charge < -0.3 is 0 Å². The molecule has 0 aromatic carbocycles. The Kier molecular flexibility index (Phi) is 3.75. The summed E-state index contributed by atoms with van der Waals surface area (Å²) in [6.07, 6.45) is 10.9. The molecule has 0 bridgehead atoms. The first-order valence-electron chi connectivity index (χ1n) is 9.34. The number of Topliss-reactive ketones (excluding diaryl/α,β-unsaturated/α-hetero) is 1. The van der Waals surface area contributed by atoms with Crippen LogP contribution in [-0.2, 0) is 9.59 Å². The van der Waals surface area contributed by atoms with E-state index < -0.39 is 0 Å². The largest absolute Gasteiger partial charge is 0.299 e. The Labute approximate surface area is 144 Å². The molecule has 0 N–H and O–H groups in total. The molecule has 4 aliphatic rings. The first kappa shape index (κ1) is 15.9. The van der Waals surface area contributed by atoms with Crippen molar-refractivity contribution in [3.63, 3.8) is 0 Å². The minimum absolute atomic E-state index is 0.0605. The molecule has 0 saturated heterocycles. The van der Waals surface area contributed by atoms with Gasteiger partial charge in [-0.05, 0) is 74.2 Å². The molecule has 0 spiro atoms. The van der Waals surface area contributed by atoms with Gasteiger partial charge in [-0.1, -0.05) is 12.5 Å². The van der Waals surface area contributed by atoms with Crippen molar-refractivity contribution in [2.45, 2.75) is 64.7 Å². The maximum Gasteiger partial charge on any atom is 0.155 e. The van der Waals surface area contributed by atoms with E-state index in [4.69, 9.17) is 11.6 Å². The van der Waals surface area contributed by atoms with Crippen LogP contribution in [0.5, 0.6) is 0 Å². The molecule has 4 aliphatic carbocycles. The van der Waals surface area contributed by atoms with Crippen molar-refractivity contribution >= 4 is 23.2 Å². The van der Waals surface area contributed by atoms with Crippen LogP contribution in [0.15, 0.2) is 11.6 Å². The minimum Gasteiger partial charge on any atom is -0.299 e. The maximum absolute atomic E-state index is 12.5. The molecular formula is C20H27ClO2. The van der Waals surface area contributed by atoms with Crippen LogP contribution in [0.1, 0.15) is 64.7 Å². The Morgan fingerprint density at radius 2 is 1.91 bits per heavy atom. The Morgan fingerprint density at radius 3 is 2.70 bits per heavy atom. The lowest BCUT2D eigenvalue weighted by atomic mass is 9.46. The molecule has 0 unspecified atom stereocenters. The number of rotatable bonds is 2. The molecule has 0 amide bonds. The lowest BCUT2D eigenvalue weighted by Gasteiger charge is -2.58. The van der Waals surface area contributed by atoms with E-state index in [2.05, 4.69) is 6.92 Å². The van der Waals surface area contributed by atoms with Gasteiger partial charge >= 0.3 is 0 Å². The fourth-order valence-corrected chi connectivity index (χ4v) is 7.11. The molecular weight excluding hydrogens is 308 g/mol. The summed E-state index contributed by atoms with van der Waals surface area (Å²) < 4.78 is 0. The van der Waals surface area contributed by atoms with Crippen LogP contribution in [0, 0.1) is 28.6 Å². The molecule has 23 heavy (non-hydrogen) atoms. The molecule has 0 aliphatic heterocycles. The molecule has 2 nitrogen and oxygen atoms in total. The third-order valence-corrected chi connectivity index (χ3v) is 8.12. The summed E-state index contributed by atoms with van der Waals surface area (Å²) in [4.78, 5) is 24.4. The van der Waals surface area contributed by atoms with Gasteiger partial charge in [0.25, 0.3) is 0 Å². The Balaban J connectivity index is 1.72. The van der Waals surface area contributed by atoms with E-state index in [9.17, 15) is 9.59 Å². The molecule has 0 aromatic heterocycles. The third kappa shape index (κ3) is 2.13. The zero-order valence-corrected chi connectivity index (χ0v) is 14.8. The number of allylic oxidation sites excluding steroid dienone is 1. The van der Waals surface area contributed by atoms with Crippen molar-refractivity contribution in [1.29, 1.82) is 0 Å².